The lowest BCUT2D eigenvalue weighted by molar-refractivity contribution is -0.148. The number of benzene rings is 2. The monoisotopic (exact) mass is 1070 g/mol. The second-order valence-corrected chi connectivity index (χ2v) is 23.6. The molecule has 13 atom stereocenters. The van der Waals surface area contributed by atoms with Crippen LogP contribution in [0.15, 0.2) is 84.0 Å². The first-order chi connectivity index (χ1) is 37.7. The number of fused-ring (bicyclic) bond motifs is 2. The molecule has 4 aromatic rings. The number of H-pyrrole nitrogens is 2. The minimum absolute atomic E-state index is 0.0718. The van der Waals surface area contributed by atoms with Crippen LogP contribution in [0.4, 0.5) is 18.4 Å². The van der Waals surface area contributed by atoms with Crippen molar-refractivity contribution in [3.05, 3.63) is 107 Å². The number of hydrogen-bond acceptors (Lipinski definition) is 8. The third-order valence-corrected chi connectivity index (χ3v) is 19.2. The molecule has 0 radical (unpaired) electrons. The highest BCUT2D eigenvalue weighted by Crippen LogP contribution is 2.55. The van der Waals surface area contributed by atoms with Crippen LogP contribution in [0.5, 0.6) is 0 Å². The lowest BCUT2D eigenvalue weighted by Gasteiger charge is -2.49. The minimum atomic E-state index is -0.784. The van der Waals surface area contributed by atoms with Crippen LogP contribution in [0, 0.1) is 41.4 Å². The lowest BCUT2D eigenvalue weighted by atomic mass is 9.68. The Labute approximate surface area is 456 Å². The molecule has 4 aliphatic heterocycles. The molecule has 2 aromatic heterocycles. The molecule has 16 heteroatoms. The predicted molar refractivity (Wildman–Crippen MR) is 297 cm³/mol. The Kier molecular flexibility index (Phi) is 15.3. The van der Waals surface area contributed by atoms with Gasteiger partial charge >= 0.3 is 12.2 Å². The molecular weight excluding hydrogens is 991 g/mol. The van der Waals surface area contributed by atoms with Crippen LogP contribution < -0.4 is 10.6 Å². The van der Waals surface area contributed by atoms with Gasteiger partial charge in [-0.2, -0.15) is 0 Å². The zero-order chi connectivity index (χ0) is 54.5. The molecule has 4 N–H and O–H groups in total. The van der Waals surface area contributed by atoms with Crippen molar-refractivity contribution in [3.63, 3.8) is 0 Å². The average Bonchev–Trinajstić information content (AvgIpc) is 4.45. The number of allylic oxidation sites excluding steroid dienone is 9. The van der Waals surface area contributed by atoms with Crippen LogP contribution in [0.25, 0.3) is 33.2 Å². The molecule has 11 rings (SSSR count). The smallest absolute Gasteiger partial charge is 0.407 e. The fraction of sp³-hybridized carbons (Fsp3) is 0.548. The van der Waals surface area contributed by atoms with Crippen molar-refractivity contribution in [1.29, 1.82) is 0 Å². The number of nitrogens with one attached hydrogen (secondary N) is 4. The Morgan fingerprint density at radius 1 is 0.756 bits per heavy atom. The molecule has 3 aliphatic carbocycles. The molecule has 2 saturated carbocycles. The highest BCUT2D eigenvalue weighted by molar-refractivity contribution is 5.90. The number of halogens is 2. The standard InChI is InChI=1S/C62H76F2N8O6/c1-7-38-17-19-39(35(4)40-20-22-47-49(29-40)67-57(65-47)51-31-42-10-8-12-44-36(5)53(59(73)71(51)55(42)44)69-61(75)77-26-24-63)18-15-33(2)14-16-34(3)46(28-38)41-21-23-48-50(30-41)68-58(66-48)52-32-43-11-9-13-45-37(6)54(60(74)72(52)56(43)45)70-62(76)78-27-25-64/h7,15,18,20-23,28-30,33,36-37,42-45,51-56H,3,8-14,16-17,19,24-27,31-32H2,1-2,4-6H3,(H,65,67)(H,66,68)(H,69,75)(H,70,76)/b18-15-,38-7-,39-35-,46-28?/t33-,36?,37?,42+,43+,44?,45?,51+,52+,53+,54+,55-,56-/m1/s1. The molecule has 78 heavy (non-hydrogen) atoms. The van der Waals surface area contributed by atoms with E-state index in [-0.39, 0.29) is 72.9 Å². The predicted octanol–water partition coefficient (Wildman–Crippen LogP) is 12.1. The number of alkyl halides is 2. The maximum Gasteiger partial charge on any atom is 0.407 e. The molecule has 2 aromatic carbocycles. The van der Waals surface area contributed by atoms with Gasteiger partial charge in [0, 0.05) is 12.1 Å². The zero-order valence-electron chi connectivity index (χ0n) is 45.8. The van der Waals surface area contributed by atoms with Gasteiger partial charge in [0.1, 0.15) is 50.3 Å². The number of aromatic nitrogens is 4. The quantitative estimate of drug-likeness (QED) is 0.121. The van der Waals surface area contributed by atoms with E-state index in [0.717, 1.165) is 133 Å². The van der Waals surface area contributed by atoms with E-state index in [4.69, 9.17) is 19.4 Å². The molecule has 0 bridgehead atoms. The van der Waals surface area contributed by atoms with Gasteiger partial charge in [0.15, 0.2) is 0 Å². The Morgan fingerprint density at radius 3 is 1.86 bits per heavy atom. The Morgan fingerprint density at radius 2 is 1.31 bits per heavy atom. The Hall–Kier alpha value is -6.58. The number of imidazole rings is 2. The Bertz CT molecular complexity index is 3120. The summed E-state index contributed by atoms with van der Waals surface area (Å²) in [7, 11) is 0. The molecule has 6 fully saturated rings. The largest absolute Gasteiger partial charge is 0.447 e. The summed E-state index contributed by atoms with van der Waals surface area (Å²) in [4.78, 5) is 75.7. The summed E-state index contributed by atoms with van der Waals surface area (Å²) in [5, 5.41) is 5.60. The van der Waals surface area contributed by atoms with Crippen LogP contribution in [0.2, 0.25) is 0 Å². The number of aromatic amines is 2. The summed E-state index contributed by atoms with van der Waals surface area (Å²) < 4.78 is 35.8. The number of hydrogen-bond donors (Lipinski definition) is 4. The summed E-state index contributed by atoms with van der Waals surface area (Å²) in [6.45, 7) is 13.1. The Balaban J connectivity index is 0.834. The van der Waals surface area contributed by atoms with Crippen LogP contribution in [-0.4, -0.2) is 104 Å². The summed E-state index contributed by atoms with van der Waals surface area (Å²) in [5.74, 6) is 2.54. The van der Waals surface area contributed by atoms with Crippen LogP contribution in [0.1, 0.15) is 147 Å². The van der Waals surface area contributed by atoms with Crippen molar-refractivity contribution < 1.29 is 37.4 Å². The van der Waals surface area contributed by atoms with Gasteiger partial charge in [0.05, 0.1) is 34.2 Å². The highest BCUT2D eigenvalue weighted by atomic mass is 19.1. The van der Waals surface area contributed by atoms with Crippen LogP contribution in [0.3, 0.4) is 0 Å². The van der Waals surface area contributed by atoms with E-state index in [0.29, 0.717) is 17.8 Å². The second-order valence-electron chi connectivity index (χ2n) is 23.6. The summed E-state index contributed by atoms with van der Waals surface area (Å²) in [6, 6.07) is 10.9. The summed E-state index contributed by atoms with van der Waals surface area (Å²) in [6.07, 6.45) is 18.8. The van der Waals surface area contributed by atoms with Gasteiger partial charge in [-0.15, -0.1) is 0 Å². The third kappa shape index (κ3) is 9.98. The van der Waals surface area contributed by atoms with Gasteiger partial charge in [0.25, 0.3) is 0 Å². The van der Waals surface area contributed by atoms with Gasteiger partial charge < -0.3 is 39.9 Å². The number of carbonyl (C=O) groups excluding carboxylic acids is 4. The molecule has 4 saturated heterocycles. The van der Waals surface area contributed by atoms with E-state index in [1.807, 2.05) is 23.6 Å². The molecule has 4 amide bonds. The van der Waals surface area contributed by atoms with Crippen LogP contribution in [-0.2, 0) is 19.1 Å². The number of alkyl carbamates (subject to hydrolysis) is 2. The van der Waals surface area contributed by atoms with E-state index in [1.54, 1.807) is 0 Å². The first kappa shape index (κ1) is 53.4. The topological polar surface area (TPSA) is 175 Å². The zero-order valence-corrected chi connectivity index (χ0v) is 45.8. The van der Waals surface area contributed by atoms with Crippen molar-refractivity contribution >= 4 is 57.2 Å². The number of carbonyl (C=O) groups is 4. The number of rotatable bonds is 10. The fourth-order valence-electron chi connectivity index (χ4n) is 15.1. The van der Waals surface area contributed by atoms with E-state index >= 15 is 0 Å². The molecule has 4 unspecified atom stereocenters. The summed E-state index contributed by atoms with van der Waals surface area (Å²) >= 11 is 0. The van der Waals surface area contributed by atoms with Gasteiger partial charge in [-0.25, -0.2) is 28.3 Å². The van der Waals surface area contributed by atoms with Gasteiger partial charge in [0.2, 0.25) is 11.8 Å². The van der Waals surface area contributed by atoms with Gasteiger partial charge in [-0.05, 0) is 177 Å². The van der Waals surface area contributed by atoms with Crippen LogP contribution >= 0.6 is 0 Å². The maximum atomic E-state index is 14.4. The van der Waals surface area contributed by atoms with Gasteiger partial charge in [-0.1, -0.05) is 82.2 Å². The highest BCUT2D eigenvalue weighted by Gasteiger charge is 2.59. The molecular formula is C62H76F2N8O6. The minimum Gasteiger partial charge on any atom is -0.447 e. The van der Waals surface area contributed by atoms with Crippen molar-refractivity contribution in [2.75, 3.05) is 26.6 Å². The normalized spacial score (nSPS) is 32.8. The first-order valence-electron chi connectivity index (χ1n) is 28.8. The van der Waals surface area contributed by atoms with Gasteiger partial charge in [-0.3, -0.25) is 9.59 Å². The number of piperidine rings is 2. The van der Waals surface area contributed by atoms with E-state index in [9.17, 15) is 28.0 Å². The lowest BCUT2D eigenvalue weighted by Crippen LogP contribution is -2.63. The fourth-order valence-corrected chi connectivity index (χ4v) is 15.1. The molecule has 0 spiro atoms. The molecule has 14 nitrogen and oxygen atoms in total. The number of ether oxygens (including phenoxy) is 2. The molecule has 6 heterocycles. The van der Waals surface area contributed by atoms with Crippen molar-refractivity contribution in [2.24, 2.45) is 41.4 Å². The molecule has 414 valence electrons. The van der Waals surface area contributed by atoms with E-state index < -0.39 is 37.6 Å². The van der Waals surface area contributed by atoms with E-state index in [1.165, 1.54) is 16.7 Å². The average molecular weight is 1070 g/mol. The second kappa shape index (κ2) is 22.3. The summed E-state index contributed by atoms with van der Waals surface area (Å²) in [5.41, 5.74) is 11.4. The van der Waals surface area contributed by atoms with Crippen molar-refractivity contribution in [2.45, 2.75) is 148 Å². The van der Waals surface area contributed by atoms with Crippen molar-refractivity contribution in [1.82, 2.24) is 40.4 Å². The maximum absolute atomic E-state index is 14.4. The molecule has 7 aliphatic rings. The van der Waals surface area contributed by atoms with E-state index in [2.05, 4.69) is 109 Å². The number of nitrogens with zero attached hydrogens (tertiary/aromatic N) is 4. The SMILES string of the molecule is C=C1CC[C@@H](C)/C=C\C(=C(/C)c2ccc3nc([C@@H]4C[C@@H]5CCCC6C(C)[C@H](NC(=O)OCCF)C(=O)N4[C@@H]65)[nH]c3c2)CC/C(=C/C)C=C1c1ccc2nc([C@@H]3C[C@@H]4CCCC5C(C)[C@H](NC(=O)OCCF)C(=O)N3[C@@H]54)[nH]c2c1. The third-order valence-electron chi connectivity index (χ3n) is 19.2. The van der Waals surface area contributed by atoms with Crippen molar-refractivity contribution in [3.8, 4) is 0 Å². The first-order valence-corrected chi connectivity index (χ1v) is 28.8. The number of amides is 4.